The minimum atomic E-state index is 0.186. The number of halogens is 1. The van der Waals surface area contributed by atoms with Crippen molar-refractivity contribution in [3.8, 4) is 0 Å². The SMILES string of the molecule is CCc1nn(C)c2c1nc(CCl)n2CC(C)(C)C. The molecular weight excluding hydrogens is 248 g/mol. The van der Waals surface area contributed by atoms with Gasteiger partial charge in [0.15, 0.2) is 5.65 Å². The second-order valence-corrected chi connectivity index (χ2v) is 6.17. The van der Waals surface area contributed by atoms with Crippen LogP contribution in [-0.4, -0.2) is 19.3 Å². The molecule has 2 aromatic heterocycles. The Morgan fingerprint density at radius 3 is 2.44 bits per heavy atom. The van der Waals surface area contributed by atoms with Gasteiger partial charge in [0.25, 0.3) is 0 Å². The zero-order valence-corrected chi connectivity index (χ0v) is 12.5. The first-order valence-corrected chi connectivity index (χ1v) is 6.87. The predicted molar refractivity (Wildman–Crippen MR) is 74.9 cm³/mol. The third kappa shape index (κ3) is 2.26. The minimum absolute atomic E-state index is 0.186. The van der Waals surface area contributed by atoms with Crippen LogP contribution < -0.4 is 0 Å². The third-order valence-corrected chi connectivity index (χ3v) is 3.20. The summed E-state index contributed by atoms with van der Waals surface area (Å²) in [6, 6.07) is 0. The number of aryl methyl sites for hydroxylation is 2. The molecule has 0 unspecified atom stereocenters. The Morgan fingerprint density at radius 1 is 1.28 bits per heavy atom. The van der Waals surface area contributed by atoms with Crippen molar-refractivity contribution in [3.05, 3.63) is 11.5 Å². The van der Waals surface area contributed by atoms with Gasteiger partial charge >= 0.3 is 0 Å². The number of hydrogen-bond donors (Lipinski definition) is 0. The van der Waals surface area contributed by atoms with Crippen molar-refractivity contribution >= 4 is 22.8 Å². The maximum atomic E-state index is 6.02. The topological polar surface area (TPSA) is 35.6 Å². The molecule has 0 radical (unpaired) electrons. The molecule has 0 amide bonds. The van der Waals surface area contributed by atoms with Crippen molar-refractivity contribution < 1.29 is 0 Å². The number of nitrogens with zero attached hydrogens (tertiary/aromatic N) is 4. The van der Waals surface area contributed by atoms with Crippen LogP contribution in [0.4, 0.5) is 0 Å². The molecule has 4 nitrogen and oxygen atoms in total. The van der Waals surface area contributed by atoms with E-state index in [-0.39, 0.29) is 5.41 Å². The van der Waals surface area contributed by atoms with Crippen molar-refractivity contribution in [2.24, 2.45) is 12.5 Å². The van der Waals surface area contributed by atoms with Crippen LogP contribution in [0.5, 0.6) is 0 Å². The van der Waals surface area contributed by atoms with Gasteiger partial charge in [-0.05, 0) is 11.8 Å². The molecule has 5 heteroatoms. The van der Waals surface area contributed by atoms with E-state index in [2.05, 4.69) is 42.3 Å². The first-order valence-electron chi connectivity index (χ1n) is 6.34. The first-order chi connectivity index (χ1) is 8.37. The number of hydrogen-bond acceptors (Lipinski definition) is 2. The predicted octanol–water partition coefficient (Wildman–Crippen LogP) is 3.12. The smallest absolute Gasteiger partial charge is 0.158 e. The second kappa shape index (κ2) is 4.57. The normalized spacial score (nSPS) is 12.6. The molecular formula is C13H21ClN4. The molecule has 0 aliphatic rings. The lowest BCUT2D eigenvalue weighted by molar-refractivity contribution is 0.342. The molecule has 0 bridgehead atoms. The van der Waals surface area contributed by atoms with E-state index in [0.29, 0.717) is 5.88 Å². The lowest BCUT2D eigenvalue weighted by Crippen LogP contribution is -2.18. The molecule has 18 heavy (non-hydrogen) atoms. The van der Waals surface area contributed by atoms with Gasteiger partial charge in [-0.1, -0.05) is 27.7 Å². The van der Waals surface area contributed by atoms with Gasteiger partial charge in [-0.2, -0.15) is 5.10 Å². The van der Waals surface area contributed by atoms with Crippen LogP contribution in [0.25, 0.3) is 11.2 Å². The summed E-state index contributed by atoms with van der Waals surface area (Å²) in [5.41, 5.74) is 3.31. The van der Waals surface area contributed by atoms with Gasteiger partial charge in [0.05, 0.1) is 11.6 Å². The molecule has 0 saturated heterocycles. The van der Waals surface area contributed by atoms with Crippen LogP contribution in [0.2, 0.25) is 0 Å². The number of alkyl halides is 1. The monoisotopic (exact) mass is 268 g/mol. The summed E-state index contributed by atoms with van der Waals surface area (Å²) in [5, 5.41) is 4.52. The van der Waals surface area contributed by atoms with Crippen LogP contribution in [0.15, 0.2) is 0 Å². The second-order valence-electron chi connectivity index (χ2n) is 5.90. The van der Waals surface area contributed by atoms with Crippen LogP contribution in [0.1, 0.15) is 39.2 Å². The van der Waals surface area contributed by atoms with Crippen LogP contribution in [-0.2, 0) is 25.9 Å². The number of rotatable bonds is 3. The van der Waals surface area contributed by atoms with Crippen LogP contribution >= 0.6 is 11.6 Å². The summed E-state index contributed by atoms with van der Waals surface area (Å²) in [6.07, 6.45) is 0.894. The van der Waals surface area contributed by atoms with E-state index < -0.39 is 0 Å². The molecule has 0 spiro atoms. The molecule has 0 saturated carbocycles. The van der Waals surface area contributed by atoms with E-state index in [4.69, 9.17) is 11.6 Å². The highest BCUT2D eigenvalue weighted by Gasteiger charge is 2.21. The van der Waals surface area contributed by atoms with Crippen LogP contribution in [0.3, 0.4) is 0 Å². The zero-order valence-electron chi connectivity index (χ0n) is 11.8. The summed E-state index contributed by atoms with van der Waals surface area (Å²) < 4.78 is 4.12. The van der Waals surface area contributed by atoms with E-state index in [1.165, 1.54) is 0 Å². The molecule has 0 fully saturated rings. The van der Waals surface area contributed by atoms with Gasteiger partial charge in [-0.15, -0.1) is 11.6 Å². The number of imidazole rings is 1. The number of fused-ring (bicyclic) bond motifs is 1. The Morgan fingerprint density at radius 2 is 1.94 bits per heavy atom. The quantitative estimate of drug-likeness (QED) is 0.802. The van der Waals surface area contributed by atoms with Crippen molar-refractivity contribution in [3.63, 3.8) is 0 Å². The van der Waals surface area contributed by atoms with Crippen molar-refractivity contribution in [1.82, 2.24) is 19.3 Å². The van der Waals surface area contributed by atoms with E-state index in [1.54, 1.807) is 0 Å². The van der Waals surface area contributed by atoms with Crippen LogP contribution in [0, 0.1) is 5.41 Å². The molecule has 0 aromatic carbocycles. The third-order valence-electron chi connectivity index (χ3n) is 2.96. The molecule has 0 aliphatic heterocycles. The van der Waals surface area contributed by atoms with E-state index >= 15 is 0 Å². The zero-order chi connectivity index (χ0) is 13.5. The molecule has 2 heterocycles. The maximum absolute atomic E-state index is 6.02. The summed E-state index contributed by atoms with van der Waals surface area (Å²) >= 11 is 6.02. The average molecular weight is 269 g/mol. The van der Waals surface area contributed by atoms with Crippen molar-refractivity contribution in [2.45, 2.75) is 46.5 Å². The molecule has 0 N–H and O–H groups in total. The van der Waals surface area contributed by atoms with Gasteiger partial charge in [0, 0.05) is 13.6 Å². The van der Waals surface area contributed by atoms with Crippen molar-refractivity contribution in [1.29, 1.82) is 0 Å². The number of aromatic nitrogens is 4. The molecule has 0 aliphatic carbocycles. The van der Waals surface area contributed by atoms with Crippen molar-refractivity contribution in [2.75, 3.05) is 0 Å². The molecule has 2 aromatic rings. The van der Waals surface area contributed by atoms with Gasteiger partial charge in [0.2, 0.25) is 0 Å². The van der Waals surface area contributed by atoms with Gasteiger partial charge < -0.3 is 4.57 Å². The Hall–Kier alpha value is -1.03. The first kappa shape index (κ1) is 13.4. The Kier molecular flexibility index (Phi) is 3.41. The molecule has 100 valence electrons. The lowest BCUT2D eigenvalue weighted by atomic mass is 9.97. The fourth-order valence-corrected chi connectivity index (χ4v) is 2.47. The summed E-state index contributed by atoms with van der Waals surface area (Å²) in [5.74, 6) is 1.37. The molecule has 2 rings (SSSR count). The average Bonchev–Trinajstić information content (AvgIpc) is 2.76. The summed E-state index contributed by atoms with van der Waals surface area (Å²) in [4.78, 5) is 4.65. The minimum Gasteiger partial charge on any atom is -0.311 e. The summed E-state index contributed by atoms with van der Waals surface area (Å²) in [6.45, 7) is 9.65. The van der Waals surface area contributed by atoms with Gasteiger partial charge in [0.1, 0.15) is 11.3 Å². The standard InChI is InChI=1S/C13H21ClN4/c1-6-9-11-12(17(5)16-9)18(8-13(2,3)4)10(7-14)15-11/h6-8H2,1-5H3. The maximum Gasteiger partial charge on any atom is 0.158 e. The van der Waals surface area contributed by atoms with E-state index in [1.807, 2.05) is 11.7 Å². The summed E-state index contributed by atoms with van der Waals surface area (Å²) in [7, 11) is 1.97. The molecule has 0 atom stereocenters. The van der Waals surface area contributed by atoms with E-state index in [9.17, 15) is 0 Å². The fraction of sp³-hybridized carbons (Fsp3) is 0.692. The highest BCUT2D eigenvalue weighted by atomic mass is 35.5. The Balaban J connectivity index is 2.65. The lowest BCUT2D eigenvalue weighted by Gasteiger charge is -2.20. The van der Waals surface area contributed by atoms with E-state index in [0.717, 1.165) is 35.6 Å². The van der Waals surface area contributed by atoms with Gasteiger partial charge in [-0.3, -0.25) is 4.68 Å². The Labute approximate surface area is 113 Å². The largest absolute Gasteiger partial charge is 0.311 e. The van der Waals surface area contributed by atoms with Gasteiger partial charge in [-0.25, -0.2) is 4.98 Å². The highest BCUT2D eigenvalue weighted by molar-refractivity contribution is 6.16. The fourth-order valence-electron chi connectivity index (χ4n) is 2.27. The highest BCUT2D eigenvalue weighted by Crippen LogP contribution is 2.25. The Bertz CT molecular complexity index is 560.